The molecule has 0 radical (unpaired) electrons. The molecule has 0 spiro atoms. The maximum absolute atomic E-state index is 12.8. The van der Waals surface area contributed by atoms with Gasteiger partial charge >= 0.3 is 5.97 Å². The van der Waals surface area contributed by atoms with Crippen molar-refractivity contribution in [1.82, 2.24) is 5.01 Å². The molecule has 7 nitrogen and oxygen atoms in total. The number of carbonyl (C=O) groups is 2. The maximum Gasteiger partial charge on any atom is 0.310 e. The van der Waals surface area contributed by atoms with E-state index < -0.39 is 24.5 Å². The summed E-state index contributed by atoms with van der Waals surface area (Å²) < 4.78 is 16.1. The Bertz CT molecular complexity index is 1020. The van der Waals surface area contributed by atoms with Gasteiger partial charge in [0, 0.05) is 6.42 Å². The van der Waals surface area contributed by atoms with Crippen LogP contribution in [0.4, 0.5) is 0 Å². The fourth-order valence-electron chi connectivity index (χ4n) is 3.26. The number of hydrogen-bond acceptors (Lipinski definition) is 6. The maximum atomic E-state index is 12.8. The highest BCUT2D eigenvalue weighted by molar-refractivity contribution is 6.01. The SMILES string of the molecule is Cc1ccccc1CC(=O)OCC(=O)N1N=C(c2ccco2)CC1c1ccco1. The van der Waals surface area contributed by atoms with Gasteiger partial charge in [-0.05, 0) is 42.3 Å². The van der Waals surface area contributed by atoms with Crippen LogP contribution in [0.15, 0.2) is 75.0 Å². The Morgan fingerprint density at radius 2 is 1.90 bits per heavy atom. The van der Waals surface area contributed by atoms with Crippen molar-refractivity contribution < 1.29 is 23.2 Å². The quantitative estimate of drug-likeness (QED) is 0.598. The predicted molar refractivity (Wildman–Crippen MR) is 104 cm³/mol. The Kier molecular flexibility index (Phi) is 5.29. The van der Waals surface area contributed by atoms with E-state index in [1.807, 2.05) is 31.2 Å². The van der Waals surface area contributed by atoms with E-state index in [-0.39, 0.29) is 6.42 Å². The molecule has 7 heteroatoms. The first-order valence-corrected chi connectivity index (χ1v) is 9.29. The molecule has 0 aliphatic carbocycles. The molecule has 0 saturated carbocycles. The molecule has 1 aliphatic rings. The first-order chi connectivity index (χ1) is 14.1. The number of nitrogens with zero attached hydrogens (tertiary/aromatic N) is 2. The zero-order valence-corrected chi connectivity index (χ0v) is 15.9. The van der Waals surface area contributed by atoms with Crippen LogP contribution in [0.25, 0.3) is 0 Å². The third-order valence-corrected chi connectivity index (χ3v) is 4.80. The summed E-state index contributed by atoms with van der Waals surface area (Å²) in [6, 6.07) is 14.2. The van der Waals surface area contributed by atoms with Crippen LogP contribution in [0.3, 0.4) is 0 Å². The zero-order chi connectivity index (χ0) is 20.2. The van der Waals surface area contributed by atoms with Gasteiger partial charge in [0.15, 0.2) is 6.61 Å². The lowest BCUT2D eigenvalue weighted by atomic mass is 10.1. The summed E-state index contributed by atoms with van der Waals surface area (Å²) in [4.78, 5) is 24.9. The van der Waals surface area contributed by atoms with Crippen LogP contribution in [0, 0.1) is 6.92 Å². The molecule has 2 aromatic heterocycles. The van der Waals surface area contributed by atoms with Gasteiger partial charge in [-0.25, -0.2) is 5.01 Å². The van der Waals surface area contributed by atoms with Gasteiger partial charge < -0.3 is 13.6 Å². The molecule has 1 amide bonds. The normalized spacial score (nSPS) is 16.0. The van der Waals surface area contributed by atoms with E-state index in [0.717, 1.165) is 11.1 Å². The minimum Gasteiger partial charge on any atom is -0.467 e. The van der Waals surface area contributed by atoms with Gasteiger partial charge in [0.2, 0.25) is 0 Å². The number of amides is 1. The Balaban J connectivity index is 1.44. The van der Waals surface area contributed by atoms with Gasteiger partial charge in [-0.15, -0.1) is 0 Å². The number of esters is 1. The van der Waals surface area contributed by atoms with Gasteiger partial charge in [0.05, 0.1) is 18.9 Å². The summed E-state index contributed by atoms with van der Waals surface area (Å²) in [5, 5.41) is 5.70. The fourth-order valence-corrected chi connectivity index (χ4v) is 3.26. The topological polar surface area (TPSA) is 85.3 Å². The van der Waals surface area contributed by atoms with Crippen LogP contribution in [-0.4, -0.2) is 29.2 Å². The summed E-state index contributed by atoms with van der Waals surface area (Å²) in [7, 11) is 0. The molecule has 29 heavy (non-hydrogen) atoms. The van der Waals surface area contributed by atoms with Crippen LogP contribution in [0.2, 0.25) is 0 Å². The highest BCUT2D eigenvalue weighted by atomic mass is 16.5. The molecule has 1 unspecified atom stereocenters. The average Bonchev–Trinajstić information content (AvgIpc) is 3.48. The van der Waals surface area contributed by atoms with E-state index in [0.29, 0.717) is 23.7 Å². The van der Waals surface area contributed by atoms with Crippen molar-refractivity contribution >= 4 is 17.6 Å². The van der Waals surface area contributed by atoms with E-state index in [1.54, 1.807) is 36.8 Å². The lowest BCUT2D eigenvalue weighted by Crippen LogP contribution is -2.31. The molecule has 1 atom stereocenters. The van der Waals surface area contributed by atoms with Gasteiger partial charge in [-0.1, -0.05) is 24.3 Å². The summed E-state index contributed by atoms with van der Waals surface area (Å²) in [6.07, 6.45) is 3.66. The van der Waals surface area contributed by atoms with Crippen molar-refractivity contribution in [3.8, 4) is 0 Å². The lowest BCUT2D eigenvalue weighted by Gasteiger charge is -2.19. The van der Waals surface area contributed by atoms with Crippen molar-refractivity contribution in [3.05, 3.63) is 83.7 Å². The standard InChI is InChI=1S/C22H20N2O5/c1-15-6-2-3-7-16(15)12-22(26)29-14-21(25)24-18(20-9-5-11-28-20)13-17(23-24)19-8-4-10-27-19/h2-11,18H,12-14H2,1H3. The predicted octanol–water partition coefficient (Wildman–Crippen LogP) is 3.64. The third-order valence-electron chi connectivity index (χ3n) is 4.80. The lowest BCUT2D eigenvalue weighted by molar-refractivity contribution is -0.152. The molecule has 1 aliphatic heterocycles. The van der Waals surface area contributed by atoms with Gasteiger partial charge in [-0.2, -0.15) is 5.10 Å². The summed E-state index contributed by atoms with van der Waals surface area (Å²) in [5.74, 6) is 0.311. The van der Waals surface area contributed by atoms with Gasteiger partial charge in [-0.3, -0.25) is 9.59 Å². The van der Waals surface area contributed by atoms with E-state index in [1.165, 1.54) is 5.01 Å². The number of carbonyl (C=O) groups excluding carboxylic acids is 2. The number of furan rings is 2. The van der Waals surface area contributed by atoms with Crippen molar-refractivity contribution in [3.63, 3.8) is 0 Å². The fraction of sp³-hybridized carbons (Fsp3) is 0.227. The monoisotopic (exact) mass is 392 g/mol. The Hall–Kier alpha value is -3.61. The van der Waals surface area contributed by atoms with Crippen LogP contribution in [0.5, 0.6) is 0 Å². The van der Waals surface area contributed by atoms with E-state index in [9.17, 15) is 9.59 Å². The summed E-state index contributed by atoms with van der Waals surface area (Å²) >= 11 is 0. The minimum atomic E-state index is -0.461. The van der Waals surface area contributed by atoms with Crippen LogP contribution >= 0.6 is 0 Å². The largest absolute Gasteiger partial charge is 0.467 e. The Labute approximate surface area is 167 Å². The van der Waals surface area contributed by atoms with E-state index in [4.69, 9.17) is 13.6 Å². The highest BCUT2D eigenvalue weighted by Gasteiger charge is 2.36. The number of benzene rings is 1. The molecule has 3 aromatic rings. The van der Waals surface area contributed by atoms with Crippen LogP contribution in [-0.2, 0) is 20.7 Å². The molecule has 0 saturated heterocycles. The number of aryl methyl sites for hydroxylation is 1. The molecule has 4 rings (SSSR count). The first kappa shape index (κ1) is 18.7. The van der Waals surface area contributed by atoms with Crippen LogP contribution in [0.1, 0.15) is 35.1 Å². The van der Waals surface area contributed by atoms with Crippen molar-refractivity contribution in [2.45, 2.75) is 25.8 Å². The Morgan fingerprint density at radius 3 is 2.62 bits per heavy atom. The molecule has 3 heterocycles. The number of ether oxygens (including phenoxy) is 1. The van der Waals surface area contributed by atoms with Crippen molar-refractivity contribution in [2.75, 3.05) is 6.61 Å². The first-order valence-electron chi connectivity index (χ1n) is 9.29. The second-order valence-corrected chi connectivity index (χ2v) is 6.76. The summed E-state index contributed by atoms with van der Waals surface area (Å²) in [5.41, 5.74) is 2.51. The molecule has 0 N–H and O–H groups in total. The molecule has 0 bridgehead atoms. The van der Waals surface area contributed by atoms with E-state index >= 15 is 0 Å². The smallest absolute Gasteiger partial charge is 0.310 e. The third kappa shape index (κ3) is 4.13. The highest BCUT2D eigenvalue weighted by Crippen LogP contribution is 2.33. The number of hydrazone groups is 1. The number of hydrogen-bond donors (Lipinski definition) is 0. The molecule has 0 fully saturated rings. The average molecular weight is 392 g/mol. The second kappa shape index (κ2) is 8.18. The van der Waals surface area contributed by atoms with Crippen molar-refractivity contribution in [1.29, 1.82) is 0 Å². The second-order valence-electron chi connectivity index (χ2n) is 6.76. The molecule has 1 aromatic carbocycles. The molecule has 148 valence electrons. The zero-order valence-electron chi connectivity index (χ0n) is 15.9. The number of rotatable bonds is 6. The van der Waals surface area contributed by atoms with Gasteiger partial charge in [0.25, 0.3) is 5.91 Å². The van der Waals surface area contributed by atoms with Gasteiger partial charge in [0.1, 0.15) is 23.3 Å². The van der Waals surface area contributed by atoms with E-state index in [2.05, 4.69) is 5.10 Å². The van der Waals surface area contributed by atoms with Crippen LogP contribution < -0.4 is 0 Å². The minimum absolute atomic E-state index is 0.114. The molecular weight excluding hydrogens is 372 g/mol. The Morgan fingerprint density at radius 1 is 1.10 bits per heavy atom. The molecular formula is C22H20N2O5. The summed E-state index contributed by atoms with van der Waals surface area (Å²) in [6.45, 7) is 1.54. The van der Waals surface area contributed by atoms with Crippen molar-refractivity contribution in [2.24, 2.45) is 5.10 Å².